The van der Waals surface area contributed by atoms with Crippen LogP contribution >= 0.6 is 0 Å². The van der Waals surface area contributed by atoms with Gasteiger partial charge in [-0.1, -0.05) is 0 Å². The van der Waals surface area contributed by atoms with Crippen LogP contribution in [0.5, 0.6) is 0 Å². The Morgan fingerprint density at radius 2 is 0.284 bits per heavy atom. The van der Waals surface area contributed by atoms with Gasteiger partial charge in [-0.2, -0.15) is 0 Å². The number of carboxylic acids is 12. The summed E-state index contributed by atoms with van der Waals surface area (Å²) in [6.45, 7) is -10.0. The predicted molar refractivity (Wildman–Crippen MR) is 448 cm³/mol. The fourth-order valence-electron chi connectivity index (χ4n) is 15.5. The van der Waals surface area contributed by atoms with Crippen molar-refractivity contribution < 1.29 is 317 Å². The predicted octanol–water partition coefficient (Wildman–Crippen LogP) is -29.7. The van der Waals surface area contributed by atoms with E-state index >= 15 is 0 Å². The minimum Gasteiger partial charge on any atom is -0.549 e. The molecule has 796 valence electrons. The summed E-state index contributed by atoms with van der Waals surface area (Å²) in [4.78, 5) is 281. The van der Waals surface area contributed by atoms with E-state index in [1.54, 1.807) is 19.6 Å². The van der Waals surface area contributed by atoms with E-state index in [9.17, 15) is 157 Å². The maximum absolute atomic E-state index is 14.4. The maximum Gasteiger partial charge on any atom is 3.00 e. The molecule has 4 atom stereocenters. The van der Waals surface area contributed by atoms with Crippen molar-refractivity contribution >= 4 is 119 Å². The van der Waals surface area contributed by atoms with Crippen molar-refractivity contribution in [2.45, 2.75) is 51.9 Å². The molecule has 0 bridgehead atoms. The molecule has 4 radical (unpaired) electrons. The molecule has 0 spiro atoms. The summed E-state index contributed by atoms with van der Waals surface area (Å²) in [6.07, 6.45) is 0. The first-order chi connectivity index (χ1) is 64.6. The van der Waals surface area contributed by atoms with Crippen molar-refractivity contribution in [1.82, 2.24) is 121 Å². The number of aliphatic carboxylic acids is 12. The smallest absolute Gasteiger partial charge is 0.549 e. The summed E-state index contributed by atoms with van der Waals surface area (Å²) in [5, 5.41) is 163. The third-order valence-corrected chi connectivity index (χ3v) is 23.8. The number of amides is 8. The van der Waals surface area contributed by atoms with Crippen LogP contribution in [0, 0.1) is 165 Å². The Labute approximate surface area is 944 Å². The molecule has 60 heteroatoms. The van der Waals surface area contributed by atoms with E-state index in [2.05, 4.69) is 42.5 Å². The van der Waals surface area contributed by atoms with Gasteiger partial charge in [0.25, 0.3) is 0 Å². The zero-order valence-electron chi connectivity index (χ0n) is 79.2. The third-order valence-electron chi connectivity index (χ3n) is 23.8. The molecule has 0 aliphatic carbocycles. The Morgan fingerprint density at radius 3 is 0.383 bits per heavy atom. The number of carboxylic acid groups (broad SMARTS) is 12. The van der Waals surface area contributed by atoms with Gasteiger partial charge in [0.05, 0.1) is 122 Å². The first-order valence-corrected chi connectivity index (χ1v) is 44.8. The van der Waals surface area contributed by atoms with Crippen molar-refractivity contribution in [2.24, 2.45) is 5.41 Å². The van der Waals surface area contributed by atoms with Crippen LogP contribution in [0.25, 0.3) is 0 Å². The molecule has 4 saturated heterocycles. The number of nitrogens with zero attached hydrogens (tertiary/aromatic N) is 16. The largest absolute Gasteiger partial charge is 3.00 e. The van der Waals surface area contributed by atoms with Crippen molar-refractivity contribution in [2.75, 3.05) is 340 Å². The molecule has 56 nitrogen and oxygen atoms in total. The van der Waals surface area contributed by atoms with Crippen LogP contribution in [0.4, 0.5) is 0 Å². The summed E-state index contributed by atoms with van der Waals surface area (Å²) in [5.74, 6) is -25.2. The second-order valence-corrected chi connectivity index (χ2v) is 34.1. The molecule has 0 unspecified atom stereocenters. The summed E-state index contributed by atoms with van der Waals surface area (Å²) in [7, 11) is 0. The van der Waals surface area contributed by atoms with Crippen LogP contribution in [0.3, 0.4) is 0 Å². The van der Waals surface area contributed by atoms with Crippen molar-refractivity contribution in [3.8, 4) is 0 Å². The van der Waals surface area contributed by atoms with Crippen molar-refractivity contribution in [3.63, 3.8) is 0 Å². The molecule has 8 amide bonds. The van der Waals surface area contributed by atoms with E-state index in [1.165, 1.54) is 86.5 Å². The van der Waals surface area contributed by atoms with Gasteiger partial charge in [-0.3, -0.25) is 117 Å². The zero-order valence-corrected chi connectivity index (χ0v) is 88.3. The van der Waals surface area contributed by atoms with E-state index in [4.69, 9.17) is 0 Å². The van der Waals surface area contributed by atoms with Gasteiger partial charge in [-0.25, -0.2) is 0 Å². The Bertz CT molecular complexity index is 3420. The summed E-state index contributed by atoms with van der Waals surface area (Å²) >= 11 is 0. The van der Waals surface area contributed by atoms with E-state index in [1.807, 2.05) is 0 Å². The first-order valence-electron chi connectivity index (χ1n) is 44.8. The quantitative estimate of drug-likeness (QED) is 0.0280. The molecule has 4 aliphatic rings. The number of hydrogen-bond acceptors (Lipinski definition) is 48. The van der Waals surface area contributed by atoms with Gasteiger partial charge in [0.15, 0.2) is 0 Å². The molecule has 141 heavy (non-hydrogen) atoms. The van der Waals surface area contributed by atoms with Gasteiger partial charge >= 0.3 is 160 Å². The Balaban J connectivity index is 0.0000490. The van der Waals surface area contributed by atoms with Crippen molar-refractivity contribution in [1.29, 1.82) is 0 Å². The number of nitrogens with one attached hydrogen (secondary N) is 8. The van der Waals surface area contributed by atoms with Crippen LogP contribution in [-0.2, 0) is 95.9 Å². The van der Waals surface area contributed by atoms with E-state index < -0.39 is 279 Å². The van der Waals surface area contributed by atoms with E-state index in [-0.39, 0.29) is 369 Å². The van der Waals surface area contributed by atoms with Crippen LogP contribution in [0.15, 0.2) is 0 Å². The van der Waals surface area contributed by atoms with Crippen molar-refractivity contribution in [3.05, 3.63) is 0 Å². The number of rotatable bonds is 48. The van der Waals surface area contributed by atoms with Crippen LogP contribution in [0.2, 0.25) is 0 Å². The molecule has 0 aromatic heterocycles. The summed E-state index contributed by atoms with van der Waals surface area (Å²) in [5.41, 5.74) is -1.93. The third kappa shape index (κ3) is 59.6. The van der Waals surface area contributed by atoms with Gasteiger partial charge in [-0.05, 0) is 27.7 Å². The molecule has 0 saturated carbocycles. The molecule has 4 aliphatic heterocycles. The second-order valence-electron chi connectivity index (χ2n) is 34.1. The molecular formula is C81H128Gd4N24O32. The van der Waals surface area contributed by atoms with Gasteiger partial charge in [0.1, 0.15) is 0 Å². The number of carbonyl (C=O) groups is 20. The monoisotopic (exact) mass is 2580 g/mol. The average molecular weight is 2580 g/mol. The average Bonchev–Trinajstić information content (AvgIpc) is 0.844. The SMILES string of the molecule is C[C@H](C(=O)NCC(=O)NCC(CNC(=O)CNC(=O)[C@@H](C)N1CCN(CC(=O)[O-])CCN(CC(=O)[O-])CCN(CC(=O)[O-])CC1)(CNC(=O)CNC(=O)[C@@H](C)N1CCN(CC(=O)[O-])CCN(CC(=O)[O-])CCN(CC(=O)[O-])CC1)CNC(=O)CNC(=O)[C@@H](C)N1CCN(CC(=O)[O-])CCN(CC(=O)[O-])CCN(CC(=O)[O-])CC1)N1CCN(CC(=O)[O-])CCN(CC(=O)[O-])CCN(CC(=O)[O-])CC1.[Gd+3].[Gd+3].[Gd+3].[Gd+3]. The van der Waals surface area contributed by atoms with E-state index in [0.29, 0.717) is 0 Å². The Hall–Kier alpha value is -5.94. The standard InChI is InChI=1S/C81H140N24O32.4Gd/c1-57(102-29-21-94(45-69(118)119)13-5-90(41-65(110)111)6-14-95(22-30-102)46-70(120)121)77(134)82-37-61(106)86-53-81(54-87-62(107)38-83-78(135)58(2)103-31-23-96(47-71(122)123)15-7-91(42-66(112)113)8-16-97(24-32-103)48-72(124)125,55-88-63(108)39-84-79(136)59(3)104-33-25-98(49-73(126)127)17-9-92(43-67(114)115)10-18-99(26-34-104)50-74(128)129)56-89-64(109)40-85-80(137)60(4)105-35-27-100(51-75(130)131)19-11-93(44-68(116)117)12-20-101(28-36-105)52-76(132)133;;;;/h57-60H,5-56H2,1-4H3,(H,82,134)(H,83,135)(H,84,136)(H,85,137)(H,86,106)(H,87,107)(H,88,108)(H,89,109)(H,110,111)(H,112,113)(H,114,115)(H,116,117)(H,118,119)(H,120,121)(H,122,123)(H,124,125)(H,126,127)(H,128,129)(H,130,131)(H,132,133);;;;/q;4*+3/p-12/t57-,58-,59-,60-;;;;/m1..../s1. The van der Waals surface area contributed by atoms with Gasteiger partial charge < -0.3 is 161 Å². The fourth-order valence-corrected chi connectivity index (χ4v) is 15.5. The number of carbonyl (C=O) groups excluding carboxylic acids is 20. The van der Waals surface area contributed by atoms with Gasteiger partial charge in [0, 0.05) is 320 Å². The summed E-state index contributed by atoms with van der Waals surface area (Å²) < 4.78 is 0. The minimum atomic E-state index is -1.93. The number of hydrogen-bond donors (Lipinski definition) is 8. The molecule has 4 heterocycles. The minimum absolute atomic E-state index is 0. The Kier molecular flexibility index (Phi) is 70.1. The molecular weight excluding hydrogens is 2450 g/mol. The molecule has 8 N–H and O–H groups in total. The topological polar surface area (TPSA) is 766 Å². The fraction of sp³-hybridized carbons (Fsp3) is 0.753. The van der Waals surface area contributed by atoms with Gasteiger partial charge in [-0.15, -0.1) is 0 Å². The molecule has 0 aromatic rings. The Morgan fingerprint density at radius 1 is 0.184 bits per heavy atom. The van der Waals surface area contributed by atoms with Crippen LogP contribution < -0.4 is 104 Å². The maximum atomic E-state index is 14.4. The van der Waals surface area contributed by atoms with Crippen LogP contribution in [0.1, 0.15) is 27.7 Å². The normalized spacial score (nSPS) is 18.7. The first kappa shape index (κ1) is 135. The summed E-state index contributed by atoms with van der Waals surface area (Å²) in [6, 6.07) is -4.76. The zero-order chi connectivity index (χ0) is 102. The molecule has 4 rings (SSSR count). The molecule has 4 fully saturated rings. The molecule has 0 aromatic carbocycles. The van der Waals surface area contributed by atoms with Crippen LogP contribution in [-0.4, -0.2) is 562 Å². The van der Waals surface area contributed by atoms with E-state index in [0.717, 1.165) is 0 Å². The second kappa shape index (κ2) is 73.2. The van der Waals surface area contributed by atoms with Gasteiger partial charge in [0.2, 0.25) is 47.3 Å².